The molecule has 2 N–H and O–H groups in total. The molecule has 0 radical (unpaired) electrons. The Morgan fingerprint density at radius 3 is 2.88 bits per heavy atom. The molecule has 2 aromatic rings. The van der Waals surface area contributed by atoms with Gasteiger partial charge in [-0.15, -0.1) is 5.10 Å². The molecule has 24 heavy (non-hydrogen) atoms. The number of halogens is 1. The summed E-state index contributed by atoms with van der Waals surface area (Å²) in [6, 6.07) is 2.89. The lowest BCUT2D eigenvalue weighted by Crippen LogP contribution is -2.38. The van der Waals surface area contributed by atoms with E-state index in [1.54, 1.807) is 0 Å². The molecule has 1 aliphatic carbocycles. The van der Waals surface area contributed by atoms with Gasteiger partial charge in [0.25, 0.3) is 0 Å². The van der Waals surface area contributed by atoms with Gasteiger partial charge in [0.05, 0.1) is 0 Å². The van der Waals surface area contributed by atoms with Gasteiger partial charge < -0.3 is 15.4 Å². The van der Waals surface area contributed by atoms with Crippen molar-refractivity contribution in [1.29, 1.82) is 0 Å². The summed E-state index contributed by atoms with van der Waals surface area (Å²) in [6.45, 7) is 5.51. The lowest BCUT2D eigenvalue weighted by atomic mass is 10.2. The highest BCUT2D eigenvalue weighted by Crippen LogP contribution is 2.22. The third kappa shape index (κ3) is 4.12. The predicted octanol–water partition coefficient (Wildman–Crippen LogP) is 2.73. The van der Waals surface area contributed by atoms with Crippen LogP contribution in [-0.4, -0.2) is 38.4 Å². The Balaban J connectivity index is 1.54. The number of pyridine rings is 1. The van der Waals surface area contributed by atoms with Crippen molar-refractivity contribution >= 4 is 17.7 Å². The minimum absolute atomic E-state index is 0.0619. The van der Waals surface area contributed by atoms with Crippen LogP contribution in [0.1, 0.15) is 40.0 Å². The van der Waals surface area contributed by atoms with E-state index < -0.39 is 11.7 Å². The van der Waals surface area contributed by atoms with E-state index in [1.807, 2.05) is 20.8 Å². The van der Waals surface area contributed by atoms with Crippen molar-refractivity contribution in [3.63, 3.8) is 0 Å². The number of hydrogen-bond acceptors (Lipinski definition) is 5. The number of fused-ring (bicyclic) bond motifs is 1. The number of anilines is 1. The molecular weight excluding hydrogens is 313 g/mol. The Hall–Kier alpha value is -2.38. The van der Waals surface area contributed by atoms with Gasteiger partial charge in [-0.05, 0) is 46.1 Å². The number of nitrogens with zero attached hydrogens (tertiary/aromatic N) is 3. The van der Waals surface area contributed by atoms with Crippen molar-refractivity contribution in [2.75, 3.05) is 5.32 Å². The molecule has 0 unspecified atom stereocenters. The zero-order chi connectivity index (χ0) is 17.3. The lowest BCUT2D eigenvalue weighted by molar-refractivity contribution is 0.0505. The molecule has 0 aliphatic heterocycles. The van der Waals surface area contributed by atoms with E-state index in [1.165, 1.54) is 22.8 Å². The second-order valence-electron chi connectivity index (χ2n) is 7.08. The average Bonchev–Trinajstić information content (AvgIpc) is 3.02. The van der Waals surface area contributed by atoms with E-state index in [0.29, 0.717) is 11.6 Å². The molecule has 8 heteroatoms. The summed E-state index contributed by atoms with van der Waals surface area (Å²) in [5.41, 5.74) is -0.0466. The highest BCUT2D eigenvalue weighted by molar-refractivity contribution is 5.68. The highest BCUT2D eigenvalue weighted by atomic mass is 19.1. The topological polar surface area (TPSA) is 80.5 Å². The average molecular weight is 335 g/mol. The van der Waals surface area contributed by atoms with Gasteiger partial charge >= 0.3 is 6.09 Å². The van der Waals surface area contributed by atoms with E-state index in [4.69, 9.17) is 4.74 Å². The monoisotopic (exact) mass is 335 g/mol. The van der Waals surface area contributed by atoms with Crippen LogP contribution in [-0.2, 0) is 4.74 Å². The Labute approximate surface area is 139 Å². The number of carbonyl (C=O) groups excluding carboxylic acids is 1. The number of carbonyl (C=O) groups is 1. The highest BCUT2D eigenvalue weighted by Gasteiger charge is 2.28. The molecule has 1 fully saturated rings. The minimum atomic E-state index is -0.504. The molecule has 2 atom stereocenters. The van der Waals surface area contributed by atoms with Crippen LogP contribution >= 0.6 is 0 Å². The molecule has 2 heterocycles. The van der Waals surface area contributed by atoms with Crippen molar-refractivity contribution in [3.8, 4) is 0 Å². The number of alkyl carbamates (subject to hydrolysis) is 1. The van der Waals surface area contributed by atoms with Crippen LogP contribution < -0.4 is 10.6 Å². The SMILES string of the molecule is CC(C)(C)OC(=O)N[C@H]1CC[C@H](Nc2nc3cc(F)ccn3n2)C1. The molecule has 0 saturated heterocycles. The molecule has 0 aromatic carbocycles. The van der Waals surface area contributed by atoms with Gasteiger partial charge in [-0.25, -0.2) is 13.7 Å². The zero-order valence-corrected chi connectivity index (χ0v) is 14.0. The Bertz CT molecular complexity index is 740. The van der Waals surface area contributed by atoms with Crippen molar-refractivity contribution in [1.82, 2.24) is 19.9 Å². The summed E-state index contributed by atoms with van der Waals surface area (Å²) in [7, 11) is 0. The normalized spacial score (nSPS) is 21.0. The zero-order valence-electron chi connectivity index (χ0n) is 14.0. The van der Waals surface area contributed by atoms with Gasteiger partial charge in [-0.3, -0.25) is 0 Å². The van der Waals surface area contributed by atoms with Crippen LogP contribution in [0.3, 0.4) is 0 Å². The number of nitrogens with one attached hydrogen (secondary N) is 2. The van der Waals surface area contributed by atoms with E-state index in [9.17, 15) is 9.18 Å². The summed E-state index contributed by atoms with van der Waals surface area (Å²) in [6.07, 6.45) is 3.66. The van der Waals surface area contributed by atoms with Crippen LogP contribution in [0.5, 0.6) is 0 Å². The second kappa shape index (κ2) is 6.26. The number of hydrogen-bond donors (Lipinski definition) is 2. The third-order valence-electron chi connectivity index (χ3n) is 3.79. The smallest absolute Gasteiger partial charge is 0.407 e. The maximum absolute atomic E-state index is 13.2. The molecule has 1 aliphatic rings. The van der Waals surface area contributed by atoms with Gasteiger partial charge in [0.15, 0.2) is 5.65 Å². The Kier molecular flexibility index (Phi) is 4.29. The molecule has 3 rings (SSSR count). The van der Waals surface area contributed by atoms with Crippen LogP contribution in [0.25, 0.3) is 5.65 Å². The first-order valence-electron chi connectivity index (χ1n) is 8.06. The molecule has 1 saturated carbocycles. The first kappa shape index (κ1) is 16.5. The summed E-state index contributed by atoms with van der Waals surface area (Å²) in [5.74, 6) is 0.118. The van der Waals surface area contributed by atoms with Gasteiger partial charge in [0.1, 0.15) is 11.4 Å². The van der Waals surface area contributed by atoms with Crippen molar-refractivity contribution in [2.45, 2.75) is 57.7 Å². The Morgan fingerprint density at radius 1 is 1.38 bits per heavy atom. The standard InChI is InChI=1S/C16H22FN5O2/c1-16(2,3)24-15(23)19-12-5-4-11(9-12)18-14-20-13-8-10(17)6-7-22(13)21-14/h6-8,11-12H,4-5,9H2,1-3H3,(H,18,21)(H,19,23)/t11-,12-/m0/s1. The summed E-state index contributed by atoms with van der Waals surface area (Å²) >= 11 is 0. The largest absolute Gasteiger partial charge is 0.444 e. The summed E-state index contributed by atoms with van der Waals surface area (Å²) < 4.78 is 20.0. The number of rotatable bonds is 3. The van der Waals surface area contributed by atoms with E-state index >= 15 is 0 Å². The first-order chi connectivity index (χ1) is 11.3. The van der Waals surface area contributed by atoms with E-state index in [-0.39, 0.29) is 17.9 Å². The van der Waals surface area contributed by atoms with Crippen LogP contribution in [0.2, 0.25) is 0 Å². The third-order valence-corrected chi connectivity index (χ3v) is 3.79. The van der Waals surface area contributed by atoms with Gasteiger partial charge in [0.2, 0.25) is 5.95 Å². The van der Waals surface area contributed by atoms with Gasteiger partial charge in [-0.2, -0.15) is 4.98 Å². The van der Waals surface area contributed by atoms with Crippen molar-refractivity contribution in [3.05, 3.63) is 24.1 Å². The molecule has 1 amide bonds. The van der Waals surface area contributed by atoms with E-state index in [0.717, 1.165) is 19.3 Å². The predicted molar refractivity (Wildman–Crippen MR) is 87.4 cm³/mol. The number of aromatic nitrogens is 3. The van der Waals surface area contributed by atoms with Crippen molar-refractivity contribution in [2.24, 2.45) is 0 Å². The van der Waals surface area contributed by atoms with Crippen LogP contribution in [0, 0.1) is 5.82 Å². The van der Waals surface area contributed by atoms with Crippen LogP contribution in [0.15, 0.2) is 18.3 Å². The molecule has 7 nitrogen and oxygen atoms in total. The lowest BCUT2D eigenvalue weighted by Gasteiger charge is -2.21. The second-order valence-corrected chi connectivity index (χ2v) is 7.08. The molecule has 130 valence electrons. The molecular formula is C16H22FN5O2. The fourth-order valence-corrected chi connectivity index (χ4v) is 2.82. The number of ether oxygens (including phenoxy) is 1. The molecule has 0 spiro atoms. The van der Waals surface area contributed by atoms with Gasteiger partial charge in [0, 0.05) is 24.3 Å². The maximum Gasteiger partial charge on any atom is 0.407 e. The minimum Gasteiger partial charge on any atom is -0.444 e. The van der Waals surface area contributed by atoms with E-state index in [2.05, 4.69) is 20.7 Å². The summed E-state index contributed by atoms with van der Waals surface area (Å²) in [4.78, 5) is 16.1. The summed E-state index contributed by atoms with van der Waals surface area (Å²) in [5, 5.41) is 10.4. The van der Waals surface area contributed by atoms with Gasteiger partial charge in [-0.1, -0.05) is 0 Å². The molecule has 2 aromatic heterocycles. The fourth-order valence-electron chi connectivity index (χ4n) is 2.82. The molecule has 0 bridgehead atoms. The van der Waals surface area contributed by atoms with Crippen molar-refractivity contribution < 1.29 is 13.9 Å². The number of amides is 1. The van der Waals surface area contributed by atoms with Crippen LogP contribution in [0.4, 0.5) is 15.1 Å². The maximum atomic E-state index is 13.2. The fraction of sp³-hybridized carbons (Fsp3) is 0.562. The quantitative estimate of drug-likeness (QED) is 0.901. The Morgan fingerprint density at radius 2 is 2.12 bits per heavy atom. The first-order valence-corrected chi connectivity index (χ1v) is 8.06.